The summed E-state index contributed by atoms with van der Waals surface area (Å²) in [6.45, 7) is 8.50. The number of nitrogens with one attached hydrogen (secondary N) is 3. The van der Waals surface area contributed by atoms with Gasteiger partial charge in [-0.15, -0.1) is 0 Å². The predicted molar refractivity (Wildman–Crippen MR) is 75.7 cm³/mol. The van der Waals surface area contributed by atoms with Crippen LogP contribution in [0.5, 0.6) is 0 Å². The zero-order chi connectivity index (χ0) is 14.4. The number of hydrogen-bond donors (Lipinski definition) is 3. The first-order chi connectivity index (χ1) is 8.90. The van der Waals surface area contributed by atoms with Crippen LogP contribution in [0.1, 0.15) is 47.0 Å². The number of hydrogen-bond acceptors (Lipinski definition) is 3. The number of amides is 2. The molecule has 110 valence electrons. The van der Waals surface area contributed by atoms with Gasteiger partial charge in [0.2, 0.25) is 11.8 Å². The van der Waals surface area contributed by atoms with Gasteiger partial charge in [-0.3, -0.25) is 14.9 Å². The van der Waals surface area contributed by atoms with Crippen molar-refractivity contribution in [3.63, 3.8) is 0 Å². The molecule has 1 aliphatic carbocycles. The summed E-state index contributed by atoms with van der Waals surface area (Å²) in [5, 5.41) is 8.83. The highest BCUT2D eigenvalue weighted by Gasteiger charge is 2.26. The van der Waals surface area contributed by atoms with Gasteiger partial charge in [-0.25, -0.2) is 0 Å². The summed E-state index contributed by atoms with van der Waals surface area (Å²) >= 11 is 0. The summed E-state index contributed by atoms with van der Waals surface area (Å²) < 4.78 is 0. The lowest BCUT2D eigenvalue weighted by atomic mass is 10.1. The van der Waals surface area contributed by atoms with Crippen LogP contribution in [-0.4, -0.2) is 36.5 Å². The Morgan fingerprint density at radius 3 is 2.16 bits per heavy atom. The van der Waals surface area contributed by atoms with Crippen molar-refractivity contribution >= 4 is 11.8 Å². The molecule has 1 fully saturated rings. The topological polar surface area (TPSA) is 70.2 Å². The van der Waals surface area contributed by atoms with E-state index in [1.165, 1.54) is 0 Å². The first-order valence-electron chi connectivity index (χ1n) is 7.24. The van der Waals surface area contributed by atoms with Gasteiger partial charge in [0.15, 0.2) is 0 Å². The summed E-state index contributed by atoms with van der Waals surface area (Å²) in [6, 6.07) is -0.342. The molecule has 0 saturated heterocycles. The zero-order valence-electron chi connectivity index (χ0n) is 12.5. The second-order valence-electron chi connectivity index (χ2n) is 5.87. The SMILES string of the molecule is CC(C)CCNC(=O)C(C)NC(C)C(=O)NC1CC1. The van der Waals surface area contributed by atoms with Crippen LogP contribution in [0.3, 0.4) is 0 Å². The molecule has 0 spiro atoms. The van der Waals surface area contributed by atoms with Crippen LogP contribution >= 0.6 is 0 Å². The van der Waals surface area contributed by atoms with E-state index in [1.54, 1.807) is 13.8 Å². The van der Waals surface area contributed by atoms with Crippen LogP contribution < -0.4 is 16.0 Å². The maximum Gasteiger partial charge on any atom is 0.237 e. The van der Waals surface area contributed by atoms with Gasteiger partial charge in [0.05, 0.1) is 12.1 Å². The van der Waals surface area contributed by atoms with E-state index in [1.807, 2.05) is 0 Å². The number of rotatable bonds is 8. The van der Waals surface area contributed by atoms with Crippen molar-refractivity contribution in [3.05, 3.63) is 0 Å². The Labute approximate surface area is 115 Å². The lowest BCUT2D eigenvalue weighted by Gasteiger charge is -2.19. The van der Waals surface area contributed by atoms with Gasteiger partial charge < -0.3 is 10.6 Å². The maximum absolute atomic E-state index is 11.8. The highest BCUT2D eigenvalue weighted by molar-refractivity contribution is 5.85. The van der Waals surface area contributed by atoms with Gasteiger partial charge in [-0.05, 0) is 39.0 Å². The fourth-order valence-corrected chi connectivity index (χ4v) is 1.72. The van der Waals surface area contributed by atoms with Crippen LogP contribution in [0, 0.1) is 5.92 Å². The molecule has 0 bridgehead atoms. The molecule has 1 saturated carbocycles. The fourth-order valence-electron chi connectivity index (χ4n) is 1.72. The third-order valence-corrected chi connectivity index (χ3v) is 3.23. The second kappa shape index (κ2) is 7.48. The van der Waals surface area contributed by atoms with E-state index in [-0.39, 0.29) is 23.9 Å². The standard InChI is InChI=1S/C14H27N3O2/c1-9(2)7-8-15-13(18)10(3)16-11(4)14(19)17-12-5-6-12/h9-12,16H,5-8H2,1-4H3,(H,15,18)(H,17,19). The lowest BCUT2D eigenvalue weighted by Crippen LogP contribution is -2.51. The molecule has 1 aliphatic rings. The molecule has 0 aromatic rings. The Balaban J connectivity index is 2.21. The van der Waals surface area contributed by atoms with Crippen LogP contribution in [0.4, 0.5) is 0 Å². The molecular weight excluding hydrogens is 242 g/mol. The van der Waals surface area contributed by atoms with Crippen molar-refractivity contribution < 1.29 is 9.59 Å². The van der Waals surface area contributed by atoms with Gasteiger partial charge in [-0.2, -0.15) is 0 Å². The van der Waals surface area contributed by atoms with E-state index >= 15 is 0 Å². The van der Waals surface area contributed by atoms with Crippen LogP contribution in [-0.2, 0) is 9.59 Å². The minimum absolute atomic E-state index is 0.0238. The van der Waals surface area contributed by atoms with Gasteiger partial charge in [0.25, 0.3) is 0 Å². The Kier molecular flexibility index (Phi) is 6.28. The van der Waals surface area contributed by atoms with Crippen molar-refractivity contribution in [2.45, 2.75) is 65.1 Å². The van der Waals surface area contributed by atoms with E-state index in [0.717, 1.165) is 19.3 Å². The molecule has 0 aromatic carbocycles. The van der Waals surface area contributed by atoms with Gasteiger partial charge in [-0.1, -0.05) is 13.8 Å². The number of carbonyl (C=O) groups is 2. The molecule has 2 atom stereocenters. The average Bonchev–Trinajstić information content (AvgIpc) is 3.11. The second-order valence-corrected chi connectivity index (χ2v) is 5.87. The highest BCUT2D eigenvalue weighted by atomic mass is 16.2. The summed E-state index contributed by atoms with van der Waals surface area (Å²) in [5.74, 6) is 0.503. The first-order valence-corrected chi connectivity index (χ1v) is 7.24. The Bertz CT molecular complexity index is 314. The lowest BCUT2D eigenvalue weighted by molar-refractivity contribution is -0.125. The van der Waals surface area contributed by atoms with Crippen LogP contribution in [0.2, 0.25) is 0 Å². The molecule has 0 aromatic heterocycles. The van der Waals surface area contributed by atoms with Crippen molar-refractivity contribution in [2.75, 3.05) is 6.54 Å². The van der Waals surface area contributed by atoms with E-state index in [0.29, 0.717) is 18.5 Å². The van der Waals surface area contributed by atoms with E-state index in [2.05, 4.69) is 29.8 Å². The van der Waals surface area contributed by atoms with Crippen LogP contribution in [0.25, 0.3) is 0 Å². The summed E-state index contributed by atoms with van der Waals surface area (Å²) in [5.41, 5.74) is 0. The Morgan fingerprint density at radius 2 is 1.63 bits per heavy atom. The van der Waals surface area contributed by atoms with E-state index in [4.69, 9.17) is 0 Å². The molecule has 5 nitrogen and oxygen atoms in total. The summed E-state index contributed by atoms with van der Waals surface area (Å²) in [7, 11) is 0. The largest absolute Gasteiger partial charge is 0.355 e. The monoisotopic (exact) mass is 269 g/mol. The third kappa shape index (κ3) is 6.57. The number of carbonyl (C=O) groups excluding carboxylic acids is 2. The Morgan fingerprint density at radius 1 is 1.05 bits per heavy atom. The highest BCUT2D eigenvalue weighted by Crippen LogP contribution is 2.18. The maximum atomic E-state index is 11.8. The molecule has 3 N–H and O–H groups in total. The van der Waals surface area contributed by atoms with Gasteiger partial charge >= 0.3 is 0 Å². The molecule has 0 heterocycles. The van der Waals surface area contributed by atoms with Crippen molar-refractivity contribution in [2.24, 2.45) is 5.92 Å². The normalized spacial score (nSPS) is 17.9. The van der Waals surface area contributed by atoms with Crippen LogP contribution in [0.15, 0.2) is 0 Å². The molecule has 19 heavy (non-hydrogen) atoms. The molecule has 0 aliphatic heterocycles. The first kappa shape index (κ1) is 16.0. The fraction of sp³-hybridized carbons (Fsp3) is 0.857. The van der Waals surface area contributed by atoms with E-state index in [9.17, 15) is 9.59 Å². The summed E-state index contributed by atoms with van der Waals surface area (Å²) in [4.78, 5) is 23.6. The Hall–Kier alpha value is -1.10. The smallest absolute Gasteiger partial charge is 0.237 e. The average molecular weight is 269 g/mol. The molecule has 5 heteroatoms. The van der Waals surface area contributed by atoms with Crippen molar-refractivity contribution in [1.82, 2.24) is 16.0 Å². The van der Waals surface area contributed by atoms with E-state index < -0.39 is 0 Å². The van der Waals surface area contributed by atoms with Crippen molar-refractivity contribution in [1.29, 1.82) is 0 Å². The summed E-state index contributed by atoms with van der Waals surface area (Å²) in [6.07, 6.45) is 3.11. The third-order valence-electron chi connectivity index (χ3n) is 3.23. The minimum atomic E-state index is -0.355. The molecular formula is C14H27N3O2. The molecule has 2 unspecified atom stereocenters. The van der Waals surface area contributed by atoms with Gasteiger partial charge in [0.1, 0.15) is 0 Å². The molecule has 1 rings (SSSR count). The predicted octanol–water partition coefficient (Wildman–Crippen LogP) is 0.794. The van der Waals surface area contributed by atoms with Crippen molar-refractivity contribution in [3.8, 4) is 0 Å². The zero-order valence-corrected chi connectivity index (χ0v) is 12.5. The molecule has 2 amide bonds. The van der Waals surface area contributed by atoms with Gasteiger partial charge in [0, 0.05) is 12.6 Å². The molecule has 0 radical (unpaired) electrons. The quantitative estimate of drug-likeness (QED) is 0.610. The minimum Gasteiger partial charge on any atom is -0.355 e.